The first-order valence-corrected chi connectivity index (χ1v) is 22.4. The third kappa shape index (κ3) is 33.9. The van der Waals surface area contributed by atoms with Crippen molar-refractivity contribution in [3.05, 3.63) is 0 Å². The van der Waals surface area contributed by atoms with E-state index in [1.165, 1.54) is 230 Å². The van der Waals surface area contributed by atoms with Crippen molar-refractivity contribution in [1.82, 2.24) is 5.32 Å². The van der Waals surface area contributed by atoms with Crippen LogP contribution < -0.4 is 5.32 Å². The van der Waals surface area contributed by atoms with Crippen LogP contribution in [0.15, 0.2) is 0 Å². The Morgan fingerprint density at radius 1 is 0.396 bits per heavy atom. The summed E-state index contributed by atoms with van der Waals surface area (Å²) in [5, 5.41) is 3.19. The van der Waals surface area contributed by atoms with Crippen LogP contribution in [0.1, 0.15) is 247 Å². The maximum Gasteiger partial charge on any atom is 0.225 e. The minimum atomic E-state index is -0.292. The summed E-state index contributed by atoms with van der Waals surface area (Å²) in [7, 11) is 2.50. The van der Waals surface area contributed by atoms with Crippen molar-refractivity contribution in [2.75, 3.05) is 33.2 Å². The monoisotopic (exact) mass is 678 g/mol. The second-order valence-corrected chi connectivity index (χ2v) is 17.3. The fourth-order valence-corrected chi connectivity index (χ4v) is 7.35. The molecule has 0 spiro atoms. The van der Waals surface area contributed by atoms with Crippen LogP contribution in [0.4, 0.5) is 0 Å². The Hall–Kier alpha value is -0.570. The van der Waals surface area contributed by atoms with Gasteiger partial charge in [-0.1, -0.05) is 214 Å². The van der Waals surface area contributed by atoms with Crippen LogP contribution in [0.5, 0.6) is 0 Å². The fraction of sp³-hybridized carbons (Fsp3) is 0.978. The number of rotatable bonds is 38. The molecule has 0 aromatic carbocycles. The van der Waals surface area contributed by atoms with Gasteiger partial charge in [-0.05, 0) is 25.7 Å². The van der Waals surface area contributed by atoms with Crippen LogP contribution in [-0.2, 0) is 4.79 Å². The van der Waals surface area contributed by atoms with E-state index in [9.17, 15) is 4.79 Å². The van der Waals surface area contributed by atoms with Gasteiger partial charge in [0.25, 0.3) is 0 Å². The van der Waals surface area contributed by atoms with Gasteiger partial charge in [0.05, 0.1) is 26.7 Å². The summed E-state index contributed by atoms with van der Waals surface area (Å²) in [6, 6.07) is 0. The largest absolute Gasteiger partial charge is 0.355 e. The van der Waals surface area contributed by atoms with Gasteiger partial charge < -0.3 is 9.80 Å². The lowest BCUT2D eigenvalue weighted by Crippen LogP contribution is -2.47. The molecule has 0 fully saturated rings. The zero-order valence-electron chi connectivity index (χ0n) is 34.5. The number of nitrogens with one attached hydrogen (secondary N) is 1. The summed E-state index contributed by atoms with van der Waals surface area (Å²) in [5.41, 5.74) is -0.292. The van der Waals surface area contributed by atoms with Crippen molar-refractivity contribution >= 4 is 5.91 Å². The van der Waals surface area contributed by atoms with E-state index in [2.05, 4.69) is 26.2 Å². The van der Waals surface area contributed by atoms with Crippen LogP contribution in [0.3, 0.4) is 0 Å². The van der Waals surface area contributed by atoms with Gasteiger partial charge in [-0.3, -0.25) is 4.79 Å². The zero-order chi connectivity index (χ0) is 35.4. The van der Waals surface area contributed by atoms with Crippen molar-refractivity contribution in [2.24, 2.45) is 5.41 Å². The molecule has 0 aliphatic rings. The molecule has 3 heteroatoms. The van der Waals surface area contributed by atoms with E-state index in [-0.39, 0.29) is 11.3 Å². The fourth-order valence-electron chi connectivity index (χ4n) is 7.35. The molecular weight excluding hydrogens is 585 g/mol. The van der Waals surface area contributed by atoms with E-state index in [0.29, 0.717) is 0 Å². The predicted octanol–water partition coefficient (Wildman–Crippen LogP) is 14.5. The van der Waals surface area contributed by atoms with Gasteiger partial charge >= 0.3 is 0 Å². The number of carbonyl (C=O) groups is 1. The van der Waals surface area contributed by atoms with E-state index in [1.807, 2.05) is 20.8 Å². The topological polar surface area (TPSA) is 29.1 Å². The van der Waals surface area contributed by atoms with Crippen LogP contribution in [-0.4, -0.2) is 43.6 Å². The summed E-state index contributed by atoms with van der Waals surface area (Å²) in [5.74, 6) is 0.187. The number of hydrogen-bond donors (Lipinski definition) is 1. The summed E-state index contributed by atoms with van der Waals surface area (Å²) in [6.07, 6.45) is 47.0. The predicted molar refractivity (Wildman–Crippen MR) is 217 cm³/mol. The number of nitrogens with zero attached hydrogens (tertiary/aromatic N) is 1. The molecule has 0 heterocycles. The molecule has 48 heavy (non-hydrogen) atoms. The highest BCUT2D eigenvalue weighted by Gasteiger charge is 2.23. The normalized spacial score (nSPS) is 12.2. The smallest absolute Gasteiger partial charge is 0.225 e. The average molecular weight is 678 g/mol. The summed E-state index contributed by atoms with van der Waals surface area (Å²) in [6.45, 7) is 15.3. The van der Waals surface area contributed by atoms with Gasteiger partial charge in [0, 0.05) is 18.4 Å². The number of hydrogen-bond acceptors (Lipinski definition) is 1. The lowest BCUT2D eigenvalue weighted by molar-refractivity contribution is -0.910. The van der Waals surface area contributed by atoms with Crippen LogP contribution in [0.25, 0.3) is 0 Å². The molecule has 0 aliphatic heterocycles. The van der Waals surface area contributed by atoms with Crippen LogP contribution in [0, 0.1) is 5.41 Å². The quantitative estimate of drug-likeness (QED) is 0.0511. The molecule has 0 saturated heterocycles. The number of unbranched alkanes of at least 4 members (excludes halogenated alkanes) is 30. The Labute approximate surface area is 304 Å². The molecule has 0 radical (unpaired) electrons. The molecule has 288 valence electrons. The molecule has 0 unspecified atom stereocenters. The molecule has 0 aromatic heterocycles. The second kappa shape index (κ2) is 34.9. The highest BCUT2D eigenvalue weighted by Crippen LogP contribution is 2.18. The lowest BCUT2D eigenvalue weighted by Gasteiger charge is -2.35. The van der Waals surface area contributed by atoms with E-state index in [1.54, 1.807) is 0 Å². The Morgan fingerprint density at radius 2 is 0.625 bits per heavy atom. The van der Waals surface area contributed by atoms with Crippen molar-refractivity contribution in [2.45, 2.75) is 247 Å². The minimum Gasteiger partial charge on any atom is -0.355 e. The lowest BCUT2D eigenvalue weighted by atomic mass is 9.96. The Bertz CT molecular complexity index is 618. The van der Waals surface area contributed by atoms with Crippen molar-refractivity contribution in [1.29, 1.82) is 0 Å². The Balaban J connectivity index is 4.04. The molecule has 0 aliphatic carbocycles. The molecule has 1 N–H and O–H groups in total. The number of amides is 1. The van der Waals surface area contributed by atoms with Gasteiger partial charge in [0.1, 0.15) is 0 Å². The standard InChI is InChI=1S/C45H92N2O/c1-7-9-11-13-15-17-19-21-23-25-27-29-31-33-35-37-41-47(6,43-39-40-46-44(48)45(3,4)5)42-38-36-34-32-30-28-26-24-22-20-18-16-14-12-10-8-2/h7-43H2,1-6H3/p+1. The van der Waals surface area contributed by atoms with E-state index >= 15 is 0 Å². The molecular formula is C45H93N2O+. The van der Waals surface area contributed by atoms with Crippen molar-refractivity contribution in [3.63, 3.8) is 0 Å². The molecule has 0 aromatic rings. The molecule has 0 atom stereocenters. The van der Waals surface area contributed by atoms with E-state index in [4.69, 9.17) is 0 Å². The van der Waals surface area contributed by atoms with Gasteiger partial charge in [-0.25, -0.2) is 0 Å². The molecule has 3 nitrogen and oxygen atoms in total. The molecule has 1 amide bonds. The van der Waals surface area contributed by atoms with Crippen LogP contribution >= 0.6 is 0 Å². The molecule has 0 rings (SSSR count). The van der Waals surface area contributed by atoms with E-state index < -0.39 is 0 Å². The first-order chi connectivity index (χ1) is 23.2. The second-order valence-electron chi connectivity index (χ2n) is 17.3. The highest BCUT2D eigenvalue weighted by molar-refractivity contribution is 5.81. The van der Waals surface area contributed by atoms with E-state index in [0.717, 1.165) is 13.0 Å². The molecule has 0 saturated carbocycles. The van der Waals surface area contributed by atoms with Crippen molar-refractivity contribution < 1.29 is 9.28 Å². The van der Waals surface area contributed by atoms with Gasteiger partial charge in [0.2, 0.25) is 5.91 Å². The summed E-state index contributed by atoms with van der Waals surface area (Å²) in [4.78, 5) is 12.3. The SMILES string of the molecule is CCCCCCCCCCCCCCCCCC[N+](C)(CCCCCCCCCCCCCCCCCC)CCCNC(=O)C(C)(C)C. The van der Waals surface area contributed by atoms with Crippen LogP contribution in [0.2, 0.25) is 0 Å². The number of quaternary nitrogens is 1. The Morgan fingerprint density at radius 3 is 0.875 bits per heavy atom. The van der Waals surface area contributed by atoms with Gasteiger partial charge in [-0.15, -0.1) is 0 Å². The first-order valence-electron chi connectivity index (χ1n) is 22.4. The zero-order valence-corrected chi connectivity index (χ0v) is 34.5. The van der Waals surface area contributed by atoms with Gasteiger partial charge in [-0.2, -0.15) is 0 Å². The van der Waals surface area contributed by atoms with Crippen molar-refractivity contribution in [3.8, 4) is 0 Å². The summed E-state index contributed by atoms with van der Waals surface area (Å²) < 4.78 is 1.20. The third-order valence-electron chi connectivity index (χ3n) is 10.9. The maximum atomic E-state index is 12.3. The average Bonchev–Trinajstić information content (AvgIpc) is 3.06. The minimum absolute atomic E-state index is 0.187. The first kappa shape index (κ1) is 47.4. The summed E-state index contributed by atoms with van der Waals surface area (Å²) >= 11 is 0. The van der Waals surface area contributed by atoms with Gasteiger partial charge in [0.15, 0.2) is 0 Å². The molecule has 0 bridgehead atoms. The Kier molecular flexibility index (Phi) is 34.4. The third-order valence-corrected chi connectivity index (χ3v) is 10.9. The highest BCUT2D eigenvalue weighted by atomic mass is 16.2. The number of carbonyl (C=O) groups excluding carboxylic acids is 1. The maximum absolute atomic E-state index is 12.3.